The lowest BCUT2D eigenvalue weighted by atomic mass is 10.1. The first-order chi connectivity index (χ1) is 14.7. The average Bonchev–Trinajstić information content (AvgIpc) is 3.05. The number of nitrogens with zero attached hydrogens (tertiary/aromatic N) is 1. The fraction of sp³-hybridized carbons (Fsp3) is 0.458. The lowest BCUT2D eigenvalue weighted by molar-refractivity contribution is -0.141. The number of ether oxygens (including phenoxy) is 2. The van der Waals surface area contributed by atoms with Crippen molar-refractivity contribution in [3.05, 3.63) is 52.8 Å². The van der Waals surface area contributed by atoms with E-state index < -0.39 is 11.9 Å². The first-order valence-electron chi connectivity index (χ1n) is 10.6. The van der Waals surface area contributed by atoms with Crippen molar-refractivity contribution in [3.8, 4) is 5.75 Å². The lowest BCUT2D eigenvalue weighted by Crippen LogP contribution is -2.31. The van der Waals surface area contributed by atoms with Gasteiger partial charge < -0.3 is 19.4 Å². The van der Waals surface area contributed by atoms with Crippen LogP contribution in [-0.2, 0) is 9.53 Å². The van der Waals surface area contributed by atoms with Gasteiger partial charge in [0.1, 0.15) is 12.3 Å². The largest absolute Gasteiger partial charge is 0.494 e. The van der Waals surface area contributed by atoms with E-state index >= 15 is 0 Å². The summed E-state index contributed by atoms with van der Waals surface area (Å²) in [5.74, 6) is -0.638. The van der Waals surface area contributed by atoms with Crippen LogP contribution >= 0.6 is 0 Å². The predicted molar refractivity (Wildman–Crippen MR) is 119 cm³/mol. The summed E-state index contributed by atoms with van der Waals surface area (Å²) in [6.45, 7) is 9.95. The van der Waals surface area contributed by atoms with Crippen molar-refractivity contribution in [3.63, 3.8) is 0 Å². The van der Waals surface area contributed by atoms with Crippen LogP contribution in [0, 0.1) is 13.8 Å². The van der Waals surface area contributed by atoms with Crippen LogP contribution in [0.15, 0.2) is 30.3 Å². The summed E-state index contributed by atoms with van der Waals surface area (Å²) >= 11 is 0. The van der Waals surface area contributed by atoms with E-state index in [0.29, 0.717) is 23.5 Å². The van der Waals surface area contributed by atoms with E-state index in [2.05, 4.69) is 16.8 Å². The molecule has 1 amide bonds. The van der Waals surface area contributed by atoms with E-state index in [0.717, 1.165) is 24.2 Å². The Bertz CT molecular complexity index is 913. The summed E-state index contributed by atoms with van der Waals surface area (Å²) in [6, 6.07) is 8.75. The number of carbonyl (C=O) groups excluding carboxylic acids is 3. The Balaban J connectivity index is 1.81. The first kappa shape index (κ1) is 24.2. The van der Waals surface area contributed by atoms with E-state index in [9.17, 15) is 14.4 Å². The summed E-state index contributed by atoms with van der Waals surface area (Å²) in [6.07, 6.45) is 2.02. The molecule has 2 rings (SSSR count). The first-order valence-corrected chi connectivity index (χ1v) is 10.6. The average molecular weight is 429 g/mol. The fourth-order valence-corrected chi connectivity index (χ4v) is 3.42. The molecule has 1 N–H and O–H groups in total. The monoisotopic (exact) mass is 428 g/mol. The number of aromatic nitrogens is 1. The Hall–Kier alpha value is -3.09. The van der Waals surface area contributed by atoms with E-state index in [1.807, 2.05) is 33.8 Å². The quantitative estimate of drug-likeness (QED) is 0.332. The van der Waals surface area contributed by atoms with E-state index in [1.165, 1.54) is 0 Å². The topological polar surface area (TPSA) is 86.6 Å². The maximum atomic E-state index is 12.5. The van der Waals surface area contributed by atoms with Crippen molar-refractivity contribution >= 4 is 17.7 Å². The SMILES string of the molecule is CCCCOc1ccc(C(=O)NCC(=O)OCC(=O)c2cc(C)n(C(C)C)c2C)cc1. The smallest absolute Gasteiger partial charge is 0.325 e. The van der Waals surface area contributed by atoms with Gasteiger partial charge in [0, 0.05) is 28.6 Å². The normalized spacial score (nSPS) is 10.8. The zero-order chi connectivity index (χ0) is 23.0. The minimum absolute atomic E-state index is 0.233. The number of amides is 1. The van der Waals surface area contributed by atoms with Crippen LogP contribution in [0.3, 0.4) is 0 Å². The molecule has 0 radical (unpaired) electrons. The van der Waals surface area contributed by atoms with Crippen LogP contribution in [0.5, 0.6) is 5.75 Å². The standard InChI is InChI=1S/C24H32N2O5/c1-6-7-12-30-20-10-8-19(9-11-20)24(29)25-14-23(28)31-15-22(27)21-13-17(4)26(16(2)3)18(21)5/h8-11,13,16H,6-7,12,14-15H2,1-5H3,(H,25,29). The number of carbonyl (C=O) groups is 3. The molecule has 0 spiro atoms. The van der Waals surface area contributed by atoms with Gasteiger partial charge in [-0.3, -0.25) is 14.4 Å². The highest BCUT2D eigenvalue weighted by atomic mass is 16.5. The summed E-state index contributed by atoms with van der Waals surface area (Å²) in [5.41, 5.74) is 2.79. The van der Waals surface area contributed by atoms with Gasteiger partial charge in [-0.05, 0) is 64.4 Å². The number of unbranched alkanes of at least 4 members (excludes halogenated alkanes) is 1. The molecule has 0 saturated carbocycles. The number of aryl methyl sites for hydroxylation is 1. The number of hydrogen-bond acceptors (Lipinski definition) is 5. The molecule has 0 aliphatic carbocycles. The van der Waals surface area contributed by atoms with Gasteiger partial charge in [0.25, 0.3) is 5.91 Å². The number of esters is 1. The van der Waals surface area contributed by atoms with Crippen LogP contribution in [0.2, 0.25) is 0 Å². The number of hydrogen-bond donors (Lipinski definition) is 1. The van der Waals surface area contributed by atoms with Crippen LogP contribution < -0.4 is 10.1 Å². The second kappa shape index (κ2) is 11.3. The van der Waals surface area contributed by atoms with Crippen LogP contribution in [0.25, 0.3) is 0 Å². The molecule has 0 saturated heterocycles. The molecule has 0 fully saturated rings. The second-order valence-corrected chi connectivity index (χ2v) is 7.74. The highest BCUT2D eigenvalue weighted by molar-refractivity contribution is 6.00. The molecule has 2 aromatic rings. The van der Waals surface area contributed by atoms with Gasteiger partial charge in [0.15, 0.2) is 6.61 Å². The molecule has 168 valence electrons. The number of Topliss-reactive ketones (excluding diaryl/α,β-unsaturated/α-hetero) is 1. The van der Waals surface area contributed by atoms with E-state index in [1.54, 1.807) is 24.3 Å². The van der Waals surface area contributed by atoms with Crippen molar-refractivity contribution in [1.82, 2.24) is 9.88 Å². The van der Waals surface area contributed by atoms with Gasteiger partial charge in [-0.15, -0.1) is 0 Å². The molecule has 1 aromatic heterocycles. The predicted octanol–water partition coefficient (Wildman–Crippen LogP) is 4.02. The minimum atomic E-state index is -0.668. The van der Waals surface area contributed by atoms with Gasteiger partial charge in [-0.25, -0.2) is 0 Å². The Morgan fingerprint density at radius 2 is 1.77 bits per heavy atom. The lowest BCUT2D eigenvalue weighted by Gasteiger charge is -2.13. The van der Waals surface area contributed by atoms with Gasteiger partial charge >= 0.3 is 5.97 Å². The van der Waals surface area contributed by atoms with Crippen LogP contribution in [-0.4, -0.2) is 42.0 Å². The number of ketones is 1. The van der Waals surface area contributed by atoms with Gasteiger partial charge in [0.05, 0.1) is 6.61 Å². The molecule has 7 nitrogen and oxygen atoms in total. The molecule has 31 heavy (non-hydrogen) atoms. The van der Waals surface area contributed by atoms with Gasteiger partial charge in [0.2, 0.25) is 5.78 Å². The van der Waals surface area contributed by atoms with Crippen molar-refractivity contribution in [2.24, 2.45) is 0 Å². The third-order valence-corrected chi connectivity index (χ3v) is 4.94. The molecule has 1 heterocycles. The van der Waals surface area contributed by atoms with E-state index in [-0.39, 0.29) is 25.0 Å². The second-order valence-electron chi connectivity index (χ2n) is 7.74. The third kappa shape index (κ3) is 6.70. The minimum Gasteiger partial charge on any atom is -0.494 e. The summed E-state index contributed by atoms with van der Waals surface area (Å²) < 4.78 is 12.7. The molecule has 0 aliphatic rings. The fourth-order valence-electron chi connectivity index (χ4n) is 3.42. The highest BCUT2D eigenvalue weighted by Gasteiger charge is 2.18. The van der Waals surface area contributed by atoms with Crippen molar-refractivity contribution in [2.45, 2.75) is 53.5 Å². The zero-order valence-electron chi connectivity index (χ0n) is 19.0. The number of nitrogens with one attached hydrogen (secondary N) is 1. The molecule has 1 aromatic carbocycles. The molecule has 7 heteroatoms. The summed E-state index contributed by atoms with van der Waals surface area (Å²) in [7, 11) is 0. The highest BCUT2D eigenvalue weighted by Crippen LogP contribution is 2.20. The summed E-state index contributed by atoms with van der Waals surface area (Å²) in [4.78, 5) is 36.6. The Morgan fingerprint density at radius 1 is 1.10 bits per heavy atom. The van der Waals surface area contributed by atoms with Gasteiger partial charge in [-0.1, -0.05) is 13.3 Å². The molecule has 0 aliphatic heterocycles. The number of rotatable bonds is 11. The maximum Gasteiger partial charge on any atom is 0.325 e. The maximum absolute atomic E-state index is 12.5. The Labute approximate surface area is 183 Å². The Kier molecular flexibility index (Phi) is 8.85. The van der Waals surface area contributed by atoms with E-state index in [4.69, 9.17) is 9.47 Å². The third-order valence-electron chi connectivity index (χ3n) is 4.94. The van der Waals surface area contributed by atoms with Crippen molar-refractivity contribution < 1.29 is 23.9 Å². The Morgan fingerprint density at radius 3 is 2.35 bits per heavy atom. The molecule has 0 bridgehead atoms. The zero-order valence-corrected chi connectivity index (χ0v) is 19.0. The molecular formula is C24H32N2O5. The molecular weight excluding hydrogens is 396 g/mol. The van der Waals surface area contributed by atoms with Crippen molar-refractivity contribution in [1.29, 1.82) is 0 Å². The summed E-state index contributed by atoms with van der Waals surface area (Å²) in [5, 5.41) is 2.50. The number of benzene rings is 1. The van der Waals surface area contributed by atoms with Crippen molar-refractivity contribution in [2.75, 3.05) is 19.8 Å². The molecule has 0 atom stereocenters. The van der Waals surface area contributed by atoms with Crippen LogP contribution in [0.1, 0.15) is 71.8 Å². The van der Waals surface area contributed by atoms with Gasteiger partial charge in [-0.2, -0.15) is 0 Å². The molecule has 0 unspecified atom stereocenters. The van der Waals surface area contributed by atoms with Crippen LogP contribution in [0.4, 0.5) is 0 Å².